The molecule has 2 aromatic carbocycles. The van der Waals surface area contributed by atoms with Crippen LogP contribution in [0.25, 0.3) is 0 Å². The lowest BCUT2D eigenvalue weighted by molar-refractivity contribution is -0.115. The van der Waals surface area contributed by atoms with Gasteiger partial charge in [-0.25, -0.2) is 0 Å². The number of nitrogens with zero attached hydrogens (tertiary/aromatic N) is 1. The van der Waals surface area contributed by atoms with Crippen molar-refractivity contribution >= 4 is 35.0 Å². The number of benzene rings is 2. The van der Waals surface area contributed by atoms with Crippen LogP contribution in [0.4, 0.5) is 5.69 Å². The highest BCUT2D eigenvalue weighted by Crippen LogP contribution is 2.38. The maximum atomic E-state index is 12.2. The Kier molecular flexibility index (Phi) is 4.18. The highest BCUT2D eigenvalue weighted by Gasteiger charge is 2.34. The van der Waals surface area contributed by atoms with E-state index in [2.05, 4.69) is 0 Å². The quantitative estimate of drug-likeness (QED) is 0.902. The van der Waals surface area contributed by atoms with Crippen molar-refractivity contribution in [2.45, 2.75) is 11.8 Å². The second-order valence-corrected chi connectivity index (χ2v) is 6.64. The Hall–Kier alpha value is -1.85. The predicted octanol–water partition coefficient (Wildman–Crippen LogP) is 3.40. The molecule has 1 aliphatic heterocycles. The molecule has 4 nitrogen and oxygen atoms in total. The predicted molar refractivity (Wildman–Crippen MR) is 88.7 cm³/mol. The number of carbonyl (C=O) groups is 1. The smallest absolute Gasteiger partial charge is 0.238 e. The van der Waals surface area contributed by atoms with E-state index < -0.39 is 0 Å². The van der Waals surface area contributed by atoms with E-state index in [1.165, 1.54) is 17.8 Å². The van der Waals surface area contributed by atoms with E-state index in [-0.39, 0.29) is 22.8 Å². The summed E-state index contributed by atoms with van der Waals surface area (Å²) in [4.78, 5) is 13.8. The average Bonchev–Trinajstić information content (AvgIpc) is 2.83. The van der Waals surface area contributed by atoms with Gasteiger partial charge in [-0.2, -0.15) is 0 Å². The van der Waals surface area contributed by atoms with Crippen LogP contribution in [0.2, 0.25) is 5.02 Å². The summed E-state index contributed by atoms with van der Waals surface area (Å²) in [7, 11) is 0. The fourth-order valence-electron chi connectivity index (χ4n) is 2.45. The van der Waals surface area contributed by atoms with Crippen molar-refractivity contribution in [3.8, 4) is 11.5 Å². The summed E-state index contributed by atoms with van der Waals surface area (Å²) in [5.41, 5.74) is 1.49. The Balaban J connectivity index is 1.87. The topological polar surface area (TPSA) is 60.8 Å². The Labute approximate surface area is 137 Å². The Morgan fingerprint density at radius 2 is 1.91 bits per heavy atom. The van der Waals surface area contributed by atoms with Crippen molar-refractivity contribution in [2.24, 2.45) is 0 Å². The van der Waals surface area contributed by atoms with Gasteiger partial charge in [0.1, 0.15) is 11.5 Å². The molecule has 2 N–H and O–H groups in total. The zero-order valence-corrected chi connectivity index (χ0v) is 13.1. The van der Waals surface area contributed by atoms with Gasteiger partial charge in [-0.3, -0.25) is 9.69 Å². The van der Waals surface area contributed by atoms with E-state index in [9.17, 15) is 15.0 Å². The number of hydrogen-bond acceptors (Lipinski definition) is 4. The number of carbonyl (C=O) groups excluding carboxylic acids is 1. The lowest BCUT2D eigenvalue weighted by atomic mass is 10.1. The van der Waals surface area contributed by atoms with E-state index in [4.69, 9.17) is 11.6 Å². The standard InChI is InChI=1S/C16H14ClNO3S/c17-11-3-6-13(14(20)8-11)18-15(21)9-22-16(18)7-10-1-4-12(19)5-2-10/h1-6,8,16,19-20H,7,9H2. The van der Waals surface area contributed by atoms with Crippen LogP contribution in [-0.4, -0.2) is 27.2 Å². The molecule has 1 aliphatic rings. The molecule has 1 atom stereocenters. The third-order valence-corrected chi connectivity index (χ3v) is 4.91. The maximum Gasteiger partial charge on any atom is 0.238 e. The lowest BCUT2D eigenvalue weighted by Crippen LogP contribution is -2.34. The van der Waals surface area contributed by atoms with Crippen LogP contribution in [0.5, 0.6) is 11.5 Å². The van der Waals surface area contributed by atoms with Crippen LogP contribution in [0.3, 0.4) is 0 Å². The van der Waals surface area contributed by atoms with Gasteiger partial charge >= 0.3 is 0 Å². The first-order chi connectivity index (χ1) is 10.5. The molecule has 1 saturated heterocycles. The first-order valence-electron chi connectivity index (χ1n) is 6.74. The van der Waals surface area contributed by atoms with Crippen LogP contribution in [0.1, 0.15) is 5.56 Å². The fourth-order valence-corrected chi connectivity index (χ4v) is 3.78. The van der Waals surface area contributed by atoms with Crippen molar-refractivity contribution in [1.29, 1.82) is 0 Å². The summed E-state index contributed by atoms with van der Waals surface area (Å²) in [5, 5.41) is 19.7. The summed E-state index contributed by atoms with van der Waals surface area (Å²) >= 11 is 7.38. The van der Waals surface area contributed by atoms with Gasteiger partial charge in [0.2, 0.25) is 5.91 Å². The number of phenolic OH excluding ortho intramolecular Hbond substituents is 2. The zero-order chi connectivity index (χ0) is 15.7. The van der Waals surface area contributed by atoms with Gasteiger partial charge in [-0.15, -0.1) is 11.8 Å². The molecule has 0 spiro atoms. The van der Waals surface area contributed by atoms with Crippen molar-refractivity contribution in [3.63, 3.8) is 0 Å². The molecule has 0 radical (unpaired) electrons. The number of anilines is 1. The first kappa shape index (κ1) is 15.1. The van der Waals surface area contributed by atoms with Gasteiger partial charge in [-0.05, 0) is 29.8 Å². The molecule has 1 unspecified atom stereocenters. The van der Waals surface area contributed by atoms with Gasteiger partial charge in [0, 0.05) is 17.5 Å². The number of hydrogen-bond donors (Lipinski definition) is 2. The fraction of sp³-hybridized carbons (Fsp3) is 0.188. The number of amides is 1. The minimum Gasteiger partial charge on any atom is -0.508 e. The highest BCUT2D eigenvalue weighted by atomic mass is 35.5. The summed E-state index contributed by atoms with van der Waals surface area (Å²) in [5.74, 6) is 0.557. The Morgan fingerprint density at radius 3 is 2.59 bits per heavy atom. The third-order valence-electron chi connectivity index (χ3n) is 3.50. The molecule has 1 heterocycles. The van der Waals surface area contributed by atoms with Crippen LogP contribution >= 0.6 is 23.4 Å². The van der Waals surface area contributed by atoms with Crippen LogP contribution in [0.15, 0.2) is 42.5 Å². The molecule has 0 aliphatic carbocycles. The third kappa shape index (κ3) is 3.00. The van der Waals surface area contributed by atoms with Crippen LogP contribution in [0, 0.1) is 0 Å². The summed E-state index contributed by atoms with van der Waals surface area (Å²) in [6.45, 7) is 0. The zero-order valence-electron chi connectivity index (χ0n) is 11.6. The molecule has 0 aromatic heterocycles. The van der Waals surface area contributed by atoms with Crippen LogP contribution in [-0.2, 0) is 11.2 Å². The van der Waals surface area contributed by atoms with Crippen molar-refractivity contribution < 1.29 is 15.0 Å². The molecular weight excluding hydrogens is 322 g/mol. The highest BCUT2D eigenvalue weighted by molar-refractivity contribution is 8.01. The summed E-state index contributed by atoms with van der Waals surface area (Å²) < 4.78 is 0. The van der Waals surface area contributed by atoms with Crippen molar-refractivity contribution in [3.05, 3.63) is 53.1 Å². The van der Waals surface area contributed by atoms with E-state index in [1.807, 2.05) is 12.1 Å². The molecule has 2 aromatic rings. The Morgan fingerprint density at radius 1 is 1.18 bits per heavy atom. The summed E-state index contributed by atoms with van der Waals surface area (Å²) in [6.07, 6.45) is 0.638. The maximum absolute atomic E-state index is 12.2. The van der Waals surface area contributed by atoms with Gasteiger partial charge in [0.05, 0.1) is 16.8 Å². The van der Waals surface area contributed by atoms with Crippen molar-refractivity contribution in [2.75, 3.05) is 10.7 Å². The molecule has 0 saturated carbocycles. The van der Waals surface area contributed by atoms with E-state index in [0.717, 1.165) is 5.56 Å². The minimum absolute atomic E-state index is 0.000874. The SMILES string of the molecule is O=C1CSC(Cc2ccc(O)cc2)N1c1ccc(Cl)cc1O. The van der Waals surface area contributed by atoms with E-state index in [0.29, 0.717) is 22.9 Å². The number of aromatic hydroxyl groups is 2. The monoisotopic (exact) mass is 335 g/mol. The molecule has 0 bridgehead atoms. The molecular formula is C16H14ClNO3S. The lowest BCUT2D eigenvalue weighted by Gasteiger charge is -2.25. The largest absolute Gasteiger partial charge is 0.508 e. The second-order valence-electron chi connectivity index (χ2n) is 5.03. The number of rotatable bonds is 3. The van der Waals surface area contributed by atoms with Gasteiger partial charge in [0.15, 0.2) is 0 Å². The van der Waals surface area contributed by atoms with Gasteiger partial charge in [0.25, 0.3) is 0 Å². The summed E-state index contributed by atoms with van der Waals surface area (Å²) in [6, 6.07) is 11.7. The minimum atomic E-state index is -0.0934. The van der Waals surface area contributed by atoms with Gasteiger partial charge in [-0.1, -0.05) is 23.7 Å². The Bertz CT molecular complexity index is 705. The molecule has 114 valence electrons. The second kappa shape index (κ2) is 6.10. The number of halogens is 1. The molecule has 1 amide bonds. The molecule has 1 fully saturated rings. The molecule has 3 rings (SSSR count). The first-order valence-corrected chi connectivity index (χ1v) is 8.17. The van der Waals surface area contributed by atoms with Crippen LogP contribution < -0.4 is 4.90 Å². The van der Waals surface area contributed by atoms with Gasteiger partial charge < -0.3 is 10.2 Å². The van der Waals surface area contributed by atoms with E-state index >= 15 is 0 Å². The van der Waals surface area contributed by atoms with E-state index in [1.54, 1.807) is 29.2 Å². The molecule has 6 heteroatoms. The average molecular weight is 336 g/mol. The van der Waals surface area contributed by atoms with Crippen molar-refractivity contribution in [1.82, 2.24) is 0 Å². The number of phenols is 2. The number of thioether (sulfide) groups is 1. The molecule has 22 heavy (non-hydrogen) atoms. The normalized spacial score (nSPS) is 18.0.